The first-order valence-electron chi connectivity index (χ1n) is 4.60. The lowest BCUT2D eigenvalue weighted by Gasteiger charge is -1.87. The zero-order chi connectivity index (χ0) is 11.1. The molecular formula is C9H7N5OS. The Morgan fingerprint density at radius 3 is 3.00 bits per heavy atom. The summed E-state index contributed by atoms with van der Waals surface area (Å²) in [5.74, 6) is 0.643. The summed E-state index contributed by atoms with van der Waals surface area (Å²) < 4.78 is 5.64. The number of carbonyl (C=O) groups is 1. The highest BCUT2D eigenvalue weighted by Crippen LogP contribution is 2.24. The van der Waals surface area contributed by atoms with Gasteiger partial charge in [-0.3, -0.25) is 9.20 Å². The molecule has 0 spiro atoms. The molecule has 3 aromatic heterocycles. The Hall–Kier alpha value is -2.02. The molecule has 0 saturated carbocycles. The van der Waals surface area contributed by atoms with Crippen LogP contribution in [0.4, 0.5) is 0 Å². The molecule has 0 aliphatic heterocycles. The van der Waals surface area contributed by atoms with Gasteiger partial charge in [0, 0.05) is 12.4 Å². The number of imidazole rings is 2. The number of nitrogens with one attached hydrogen (secondary N) is 1. The van der Waals surface area contributed by atoms with Crippen LogP contribution >= 0.6 is 11.5 Å². The van der Waals surface area contributed by atoms with E-state index < -0.39 is 0 Å². The molecule has 6 nitrogen and oxygen atoms in total. The van der Waals surface area contributed by atoms with E-state index in [4.69, 9.17) is 0 Å². The Labute approximate surface area is 94.1 Å². The molecule has 0 unspecified atom stereocenters. The highest BCUT2D eigenvalue weighted by atomic mass is 32.1. The van der Waals surface area contributed by atoms with Crippen molar-refractivity contribution in [2.24, 2.45) is 0 Å². The summed E-state index contributed by atoms with van der Waals surface area (Å²) in [6.07, 6.45) is 4.30. The van der Waals surface area contributed by atoms with Gasteiger partial charge in [-0.1, -0.05) is 4.49 Å². The third-order valence-electron chi connectivity index (χ3n) is 2.28. The van der Waals surface area contributed by atoms with Gasteiger partial charge in [-0.15, -0.1) is 5.10 Å². The second-order valence-electron chi connectivity index (χ2n) is 3.37. The number of hydrogen-bond donors (Lipinski definition) is 1. The number of hydrogen-bond acceptors (Lipinski definition) is 5. The molecular weight excluding hydrogens is 226 g/mol. The van der Waals surface area contributed by atoms with E-state index in [1.807, 2.05) is 13.1 Å². The first kappa shape index (κ1) is 9.22. The lowest BCUT2D eigenvalue weighted by atomic mass is 10.3. The first-order valence-corrected chi connectivity index (χ1v) is 5.37. The molecule has 3 heterocycles. The number of nitrogens with zero attached hydrogens (tertiary/aromatic N) is 4. The number of rotatable bonds is 2. The molecule has 3 rings (SSSR count). The van der Waals surface area contributed by atoms with Crippen LogP contribution in [-0.2, 0) is 0 Å². The molecule has 0 aliphatic carbocycles. The maximum Gasteiger partial charge on any atom is 0.212 e. The fraction of sp³-hybridized carbons (Fsp3) is 0.111. The molecule has 0 aliphatic rings. The first-order chi connectivity index (χ1) is 7.78. The zero-order valence-electron chi connectivity index (χ0n) is 8.34. The van der Waals surface area contributed by atoms with Crippen molar-refractivity contribution in [1.29, 1.82) is 0 Å². The molecule has 0 amide bonds. The number of aromatic nitrogens is 5. The van der Waals surface area contributed by atoms with Gasteiger partial charge in [-0.25, -0.2) is 4.98 Å². The third-order valence-corrected chi connectivity index (χ3v) is 3.13. The van der Waals surface area contributed by atoms with Crippen LogP contribution in [0.15, 0.2) is 12.4 Å². The van der Waals surface area contributed by atoms with Crippen LogP contribution in [0.25, 0.3) is 16.3 Å². The topological polar surface area (TPSA) is 75.9 Å². The van der Waals surface area contributed by atoms with Crippen molar-refractivity contribution in [3.05, 3.63) is 23.8 Å². The summed E-state index contributed by atoms with van der Waals surface area (Å²) in [6, 6.07) is 0. The predicted molar refractivity (Wildman–Crippen MR) is 58.6 cm³/mol. The molecule has 1 N–H and O–H groups in total. The second kappa shape index (κ2) is 3.24. The van der Waals surface area contributed by atoms with Crippen molar-refractivity contribution in [1.82, 2.24) is 24.0 Å². The molecule has 0 fully saturated rings. The average Bonchev–Trinajstić information content (AvgIpc) is 2.89. The highest BCUT2D eigenvalue weighted by Gasteiger charge is 2.11. The van der Waals surface area contributed by atoms with Crippen LogP contribution in [0.1, 0.15) is 16.2 Å². The van der Waals surface area contributed by atoms with E-state index >= 15 is 0 Å². The van der Waals surface area contributed by atoms with Crippen molar-refractivity contribution in [3.8, 4) is 10.6 Å². The Kier molecular flexibility index (Phi) is 1.87. The van der Waals surface area contributed by atoms with Gasteiger partial charge >= 0.3 is 0 Å². The molecule has 0 atom stereocenters. The lowest BCUT2D eigenvalue weighted by Crippen LogP contribution is -1.80. The number of fused-ring (bicyclic) bond motifs is 1. The highest BCUT2D eigenvalue weighted by molar-refractivity contribution is 7.09. The van der Waals surface area contributed by atoms with Crippen molar-refractivity contribution >= 4 is 23.6 Å². The average molecular weight is 233 g/mol. The predicted octanol–water partition coefficient (Wildman–Crippen LogP) is 1.30. The van der Waals surface area contributed by atoms with Crippen LogP contribution < -0.4 is 0 Å². The smallest absolute Gasteiger partial charge is 0.212 e. The van der Waals surface area contributed by atoms with Crippen molar-refractivity contribution < 1.29 is 4.79 Å². The summed E-state index contributed by atoms with van der Waals surface area (Å²) in [5.41, 5.74) is 2.19. The summed E-state index contributed by atoms with van der Waals surface area (Å²) >= 11 is 1.31. The maximum atomic E-state index is 10.6. The van der Waals surface area contributed by atoms with Crippen LogP contribution in [-0.4, -0.2) is 30.2 Å². The van der Waals surface area contributed by atoms with E-state index in [2.05, 4.69) is 19.6 Å². The largest absolute Gasteiger partial charge is 0.321 e. The number of H-pyrrole nitrogens is 1. The number of aromatic amines is 1. The normalized spacial score (nSPS) is 11.1. The van der Waals surface area contributed by atoms with Crippen LogP contribution in [0.2, 0.25) is 0 Å². The van der Waals surface area contributed by atoms with Crippen molar-refractivity contribution in [2.75, 3.05) is 0 Å². The van der Waals surface area contributed by atoms with Crippen molar-refractivity contribution in [3.63, 3.8) is 0 Å². The quantitative estimate of drug-likeness (QED) is 0.677. The van der Waals surface area contributed by atoms with Gasteiger partial charge in [0.2, 0.25) is 5.78 Å². The summed E-state index contributed by atoms with van der Waals surface area (Å²) in [4.78, 5) is 18.8. The van der Waals surface area contributed by atoms with E-state index in [0.29, 0.717) is 11.5 Å². The number of carbonyl (C=O) groups excluding carboxylic acids is 1. The van der Waals surface area contributed by atoms with Gasteiger partial charge in [-0.05, 0) is 18.5 Å². The SMILES string of the molecule is Cc1nnsc1-c1cn2cc(C=O)[nH]c2n1. The summed E-state index contributed by atoms with van der Waals surface area (Å²) in [6.45, 7) is 1.89. The Bertz CT molecular complexity index is 633. The minimum atomic E-state index is 0.508. The maximum absolute atomic E-state index is 10.6. The zero-order valence-corrected chi connectivity index (χ0v) is 9.15. The molecule has 7 heteroatoms. The third kappa shape index (κ3) is 1.25. The summed E-state index contributed by atoms with van der Waals surface area (Å²) in [5, 5.41) is 3.93. The second-order valence-corrected chi connectivity index (χ2v) is 4.13. The van der Waals surface area contributed by atoms with E-state index in [1.165, 1.54) is 11.5 Å². The summed E-state index contributed by atoms with van der Waals surface area (Å²) in [7, 11) is 0. The Balaban J connectivity index is 2.16. The molecule has 16 heavy (non-hydrogen) atoms. The fourth-order valence-corrected chi connectivity index (χ4v) is 2.14. The van der Waals surface area contributed by atoms with E-state index in [-0.39, 0.29) is 0 Å². The molecule has 3 aromatic rings. The molecule has 0 radical (unpaired) electrons. The Morgan fingerprint density at radius 1 is 1.50 bits per heavy atom. The molecule has 0 saturated heterocycles. The van der Waals surface area contributed by atoms with Gasteiger partial charge in [0.05, 0.1) is 16.3 Å². The molecule has 0 bridgehead atoms. The van der Waals surface area contributed by atoms with Gasteiger partial charge < -0.3 is 4.98 Å². The lowest BCUT2D eigenvalue weighted by molar-refractivity contribution is 0.111. The van der Waals surface area contributed by atoms with Gasteiger partial charge in [0.1, 0.15) is 5.69 Å². The number of aldehydes is 1. The van der Waals surface area contributed by atoms with Crippen LogP contribution in [0.3, 0.4) is 0 Å². The fourth-order valence-electron chi connectivity index (χ4n) is 1.53. The molecule has 80 valence electrons. The van der Waals surface area contributed by atoms with Gasteiger partial charge in [0.15, 0.2) is 6.29 Å². The van der Waals surface area contributed by atoms with Crippen LogP contribution in [0.5, 0.6) is 0 Å². The number of aryl methyl sites for hydroxylation is 1. The van der Waals surface area contributed by atoms with Gasteiger partial charge in [0.25, 0.3) is 0 Å². The van der Waals surface area contributed by atoms with E-state index in [0.717, 1.165) is 22.6 Å². The standard InChI is InChI=1S/C9H7N5OS/c1-5-8(16-13-12-5)7-3-14-2-6(4-15)10-9(14)11-7/h2-4H,1H3,(H,10,11). The monoisotopic (exact) mass is 233 g/mol. The van der Waals surface area contributed by atoms with Gasteiger partial charge in [-0.2, -0.15) is 0 Å². The minimum absolute atomic E-state index is 0.508. The van der Waals surface area contributed by atoms with E-state index in [1.54, 1.807) is 10.6 Å². The van der Waals surface area contributed by atoms with Crippen LogP contribution in [0, 0.1) is 6.92 Å². The van der Waals surface area contributed by atoms with Crippen molar-refractivity contribution in [2.45, 2.75) is 6.92 Å². The van der Waals surface area contributed by atoms with E-state index in [9.17, 15) is 4.79 Å². The minimum Gasteiger partial charge on any atom is -0.321 e. The Morgan fingerprint density at radius 2 is 2.38 bits per heavy atom. The molecule has 0 aromatic carbocycles.